The van der Waals surface area contributed by atoms with Crippen molar-refractivity contribution in [1.82, 2.24) is 4.98 Å². The summed E-state index contributed by atoms with van der Waals surface area (Å²) in [7, 11) is -2.27. The first-order valence-electron chi connectivity index (χ1n) is 11.5. The van der Waals surface area contributed by atoms with Gasteiger partial charge in [0.15, 0.2) is 11.5 Å². The lowest BCUT2D eigenvalue weighted by atomic mass is 10.1. The average Bonchev–Trinajstić information content (AvgIpc) is 3.30. The van der Waals surface area contributed by atoms with Crippen molar-refractivity contribution in [1.29, 1.82) is 0 Å². The van der Waals surface area contributed by atoms with Crippen molar-refractivity contribution >= 4 is 18.7 Å². The maximum atomic E-state index is 13.6. The van der Waals surface area contributed by atoms with E-state index in [9.17, 15) is 4.57 Å². The number of rotatable bonds is 12. The highest BCUT2D eigenvalue weighted by Crippen LogP contribution is 2.52. The summed E-state index contributed by atoms with van der Waals surface area (Å²) in [5.74, 6) is 2.19. The standard InChI is InChI=1S/C25H30NO7P/c1-4-6-11-31-34(27,32-12-7-5-2)33-23-15-21(18-9-8-10-19(13-18)28-3)26-22-16-25-24(14-20(22)23)29-17-30-25/h8-10,13-16H,4-7,11-12,17H2,1-3H3. The molecule has 1 aromatic heterocycles. The molecule has 0 radical (unpaired) electrons. The van der Waals surface area contributed by atoms with E-state index in [4.69, 9.17) is 32.8 Å². The number of pyridine rings is 1. The molecule has 8 nitrogen and oxygen atoms in total. The highest BCUT2D eigenvalue weighted by atomic mass is 31.2. The summed E-state index contributed by atoms with van der Waals surface area (Å²) in [5.41, 5.74) is 2.04. The van der Waals surface area contributed by atoms with Crippen molar-refractivity contribution in [3.05, 3.63) is 42.5 Å². The number of ether oxygens (including phenoxy) is 3. The van der Waals surface area contributed by atoms with Gasteiger partial charge in [-0.05, 0) is 31.0 Å². The molecule has 2 heterocycles. The summed E-state index contributed by atoms with van der Waals surface area (Å²) >= 11 is 0. The summed E-state index contributed by atoms with van der Waals surface area (Å²) in [6.45, 7) is 4.75. The Balaban J connectivity index is 1.78. The number of unbranched alkanes of at least 4 members (excludes halogenated alkanes) is 2. The maximum absolute atomic E-state index is 13.6. The van der Waals surface area contributed by atoms with E-state index in [2.05, 4.69) is 0 Å². The molecule has 182 valence electrons. The van der Waals surface area contributed by atoms with Gasteiger partial charge in [0.25, 0.3) is 0 Å². The summed E-state index contributed by atoms with van der Waals surface area (Å²) in [6.07, 6.45) is 3.29. The van der Waals surface area contributed by atoms with E-state index < -0.39 is 7.82 Å². The summed E-state index contributed by atoms with van der Waals surface area (Å²) < 4.78 is 47.4. The zero-order valence-electron chi connectivity index (χ0n) is 19.7. The third-order valence-electron chi connectivity index (χ3n) is 5.34. The van der Waals surface area contributed by atoms with Crippen LogP contribution in [0, 0.1) is 0 Å². The van der Waals surface area contributed by atoms with Crippen molar-refractivity contribution < 1.29 is 32.3 Å². The lowest BCUT2D eigenvalue weighted by Crippen LogP contribution is -2.05. The van der Waals surface area contributed by atoms with Gasteiger partial charge in [-0.2, -0.15) is 0 Å². The van der Waals surface area contributed by atoms with Crippen LogP contribution in [0.5, 0.6) is 23.0 Å². The van der Waals surface area contributed by atoms with E-state index in [0.29, 0.717) is 39.6 Å². The Morgan fingerprint density at radius 2 is 1.68 bits per heavy atom. The van der Waals surface area contributed by atoms with Gasteiger partial charge in [-0.15, -0.1) is 0 Å². The number of phosphoric ester groups is 1. The summed E-state index contributed by atoms with van der Waals surface area (Å²) in [5, 5.41) is 0.620. The summed E-state index contributed by atoms with van der Waals surface area (Å²) in [4.78, 5) is 4.80. The molecule has 2 aromatic carbocycles. The number of hydrogen-bond acceptors (Lipinski definition) is 8. The van der Waals surface area contributed by atoms with Gasteiger partial charge in [-0.1, -0.05) is 38.8 Å². The molecule has 0 saturated heterocycles. The van der Waals surface area contributed by atoms with Crippen LogP contribution >= 0.6 is 7.82 Å². The van der Waals surface area contributed by atoms with Gasteiger partial charge >= 0.3 is 7.82 Å². The number of aromatic nitrogens is 1. The van der Waals surface area contributed by atoms with Crippen LogP contribution in [0.1, 0.15) is 39.5 Å². The Morgan fingerprint density at radius 3 is 2.35 bits per heavy atom. The molecule has 3 aromatic rings. The number of fused-ring (bicyclic) bond motifs is 2. The second-order valence-electron chi connectivity index (χ2n) is 7.87. The Morgan fingerprint density at radius 1 is 0.971 bits per heavy atom. The number of nitrogens with zero attached hydrogens (tertiary/aromatic N) is 1. The molecule has 34 heavy (non-hydrogen) atoms. The normalized spacial score (nSPS) is 12.8. The van der Waals surface area contributed by atoms with Crippen LogP contribution in [0.4, 0.5) is 0 Å². The van der Waals surface area contributed by atoms with Gasteiger partial charge in [0.1, 0.15) is 11.5 Å². The minimum atomic E-state index is -3.88. The van der Waals surface area contributed by atoms with Gasteiger partial charge in [0.05, 0.1) is 31.5 Å². The minimum Gasteiger partial charge on any atom is -0.497 e. The third kappa shape index (κ3) is 5.63. The smallest absolute Gasteiger partial charge is 0.497 e. The zero-order valence-corrected chi connectivity index (χ0v) is 20.6. The average molecular weight is 487 g/mol. The van der Waals surface area contributed by atoms with Crippen LogP contribution in [-0.4, -0.2) is 32.1 Å². The van der Waals surface area contributed by atoms with Gasteiger partial charge in [-0.3, -0.25) is 9.05 Å². The molecule has 0 N–H and O–H groups in total. The molecular weight excluding hydrogens is 457 g/mol. The molecule has 0 atom stereocenters. The van der Waals surface area contributed by atoms with E-state index in [1.165, 1.54) is 0 Å². The van der Waals surface area contributed by atoms with Crippen LogP contribution in [-0.2, 0) is 13.6 Å². The van der Waals surface area contributed by atoms with Crippen molar-refractivity contribution in [2.75, 3.05) is 27.1 Å². The molecule has 0 unspecified atom stereocenters. The van der Waals surface area contributed by atoms with E-state index >= 15 is 0 Å². The zero-order chi connectivity index (χ0) is 24.0. The second-order valence-corrected chi connectivity index (χ2v) is 9.47. The van der Waals surface area contributed by atoms with Gasteiger partial charge < -0.3 is 18.7 Å². The summed E-state index contributed by atoms with van der Waals surface area (Å²) in [6, 6.07) is 12.8. The number of hydrogen-bond donors (Lipinski definition) is 0. The van der Waals surface area contributed by atoms with E-state index in [-0.39, 0.29) is 20.0 Å². The third-order valence-corrected chi connectivity index (χ3v) is 6.75. The fraction of sp³-hybridized carbons (Fsp3) is 0.400. The maximum Gasteiger partial charge on any atom is 0.530 e. The molecule has 9 heteroatoms. The van der Waals surface area contributed by atoms with Crippen LogP contribution in [0.25, 0.3) is 22.2 Å². The Kier molecular flexibility index (Phi) is 7.93. The Hall–Kier alpha value is -2.80. The van der Waals surface area contributed by atoms with Gasteiger partial charge in [0, 0.05) is 23.1 Å². The van der Waals surface area contributed by atoms with Crippen molar-refractivity contribution in [2.24, 2.45) is 0 Å². The SMILES string of the molecule is CCCCOP(=O)(OCCCC)Oc1cc(-c2cccc(OC)c2)nc2cc3c(cc12)OCO3. The molecule has 0 amide bonds. The van der Waals surface area contributed by atoms with Crippen LogP contribution in [0.3, 0.4) is 0 Å². The topological polar surface area (TPSA) is 85.3 Å². The number of phosphoric acid groups is 1. The predicted octanol–water partition coefficient (Wildman–Crippen LogP) is 6.76. The Labute approximate surface area is 199 Å². The fourth-order valence-corrected chi connectivity index (χ4v) is 4.72. The highest BCUT2D eigenvalue weighted by molar-refractivity contribution is 7.48. The van der Waals surface area contributed by atoms with Crippen molar-refractivity contribution in [3.63, 3.8) is 0 Å². The quantitative estimate of drug-likeness (QED) is 0.205. The molecule has 0 saturated carbocycles. The fourth-order valence-electron chi connectivity index (χ4n) is 3.44. The molecule has 4 rings (SSSR count). The second kappa shape index (κ2) is 11.1. The number of benzene rings is 2. The van der Waals surface area contributed by atoms with E-state index in [1.54, 1.807) is 25.3 Å². The molecule has 0 spiro atoms. The number of methoxy groups -OCH3 is 1. The highest BCUT2D eigenvalue weighted by Gasteiger charge is 2.30. The van der Waals surface area contributed by atoms with Crippen LogP contribution < -0.4 is 18.7 Å². The first-order valence-corrected chi connectivity index (χ1v) is 13.0. The van der Waals surface area contributed by atoms with Gasteiger partial charge in [0.2, 0.25) is 6.79 Å². The molecular formula is C25H30NO7P. The van der Waals surface area contributed by atoms with Gasteiger partial charge in [-0.25, -0.2) is 9.55 Å². The molecule has 0 fully saturated rings. The first-order chi connectivity index (χ1) is 16.5. The first kappa shape index (κ1) is 24.3. The van der Waals surface area contributed by atoms with Crippen molar-refractivity contribution in [2.45, 2.75) is 39.5 Å². The predicted molar refractivity (Wildman–Crippen MR) is 130 cm³/mol. The van der Waals surface area contributed by atoms with Crippen molar-refractivity contribution in [3.8, 4) is 34.3 Å². The largest absolute Gasteiger partial charge is 0.530 e. The molecule has 0 aliphatic carbocycles. The van der Waals surface area contributed by atoms with E-state index in [1.807, 2.05) is 38.1 Å². The molecule has 0 bridgehead atoms. The van der Waals surface area contributed by atoms with E-state index in [0.717, 1.165) is 31.2 Å². The van der Waals surface area contributed by atoms with Crippen LogP contribution in [0.2, 0.25) is 0 Å². The molecule has 1 aliphatic rings. The van der Waals surface area contributed by atoms with Crippen LogP contribution in [0.15, 0.2) is 42.5 Å². The minimum absolute atomic E-state index is 0.128. The lowest BCUT2D eigenvalue weighted by Gasteiger charge is -2.20. The lowest BCUT2D eigenvalue weighted by molar-refractivity contribution is 0.152. The molecule has 1 aliphatic heterocycles. The Bertz CT molecular complexity index is 1170. The monoisotopic (exact) mass is 487 g/mol.